The van der Waals surface area contributed by atoms with Crippen LogP contribution in [0.1, 0.15) is 40.0 Å². The molecule has 0 saturated heterocycles. The van der Waals surface area contributed by atoms with Crippen LogP contribution in [0.15, 0.2) is 0 Å². The summed E-state index contributed by atoms with van der Waals surface area (Å²) in [5.74, 6) is 0.0482. The van der Waals surface area contributed by atoms with Crippen molar-refractivity contribution < 1.29 is 9.59 Å². The van der Waals surface area contributed by atoms with Gasteiger partial charge in [0.25, 0.3) is 0 Å². The summed E-state index contributed by atoms with van der Waals surface area (Å²) in [6, 6.07) is 0.204. The normalized spacial score (nSPS) is 26.1. The minimum absolute atomic E-state index is 0.0482. The Bertz CT molecular complexity index is 245. The highest BCUT2D eigenvalue weighted by molar-refractivity contribution is 5.81. The Hall–Kier alpha value is -1.06. The van der Waals surface area contributed by atoms with Crippen LogP contribution in [0.3, 0.4) is 0 Å². The fourth-order valence-corrected chi connectivity index (χ4v) is 1.80. The van der Waals surface area contributed by atoms with E-state index in [1.54, 1.807) is 0 Å². The van der Waals surface area contributed by atoms with Gasteiger partial charge in [0.1, 0.15) is 0 Å². The molecule has 1 rings (SSSR count). The van der Waals surface area contributed by atoms with E-state index in [4.69, 9.17) is 0 Å². The predicted molar refractivity (Wildman–Crippen MR) is 58.2 cm³/mol. The lowest BCUT2D eigenvalue weighted by Gasteiger charge is -2.25. The molecule has 0 aromatic heterocycles. The number of rotatable bonds is 3. The molecule has 0 aromatic rings. The number of hydrogen-bond donors (Lipinski definition) is 2. The third-order valence-corrected chi connectivity index (χ3v) is 2.80. The van der Waals surface area contributed by atoms with Gasteiger partial charge < -0.3 is 10.6 Å². The van der Waals surface area contributed by atoms with Gasteiger partial charge in [-0.25, -0.2) is 0 Å². The van der Waals surface area contributed by atoms with Crippen molar-refractivity contribution in [1.82, 2.24) is 10.6 Å². The van der Waals surface area contributed by atoms with Crippen molar-refractivity contribution in [2.45, 2.75) is 52.1 Å². The monoisotopic (exact) mass is 212 g/mol. The summed E-state index contributed by atoms with van der Waals surface area (Å²) in [6.07, 6.45) is 3.67. The molecule has 2 atom stereocenters. The predicted octanol–water partition coefficient (Wildman–Crippen LogP) is 0.816. The van der Waals surface area contributed by atoms with Crippen LogP contribution in [-0.4, -0.2) is 24.4 Å². The summed E-state index contributed by atoms with van der Waals surface area (Å²) >= 11 is 0. The summed E-state index contributed by atoms with van der Waals surface area (Å²) in [4.78, 5) is 22.1. The van der Waals surface area contributed by atoms with Gasteiger partial charge in [0, 0.05) is 17.5 Å². The van der Waals surface area contributed by atoms with E-state index >= 15 is 0 Å². The third-order valence-electron chi connectivity index (χ3n) is 2.80. The summed E-state index contributed by atoms with van der Waals surface area (Å²) in [5, 5.41) is 5.75. The first kappa shape index (κ1) is 12.0. The minimum Gasteiger partial charge on any atom is -0.354 e. The van der Waals surface area contributed by atoms with Gasteiger partial charge in [-0.1, -0.05) is 20.8 Å². The lowest BCUT2D eigenvalue weighted by atomic mass is 9.95. The average Bonchev–Trinajstić information content (AvgIpc) is 2.52. The molecule has 2 amide bonds. The van der Waals surface area contributed by atoms with Gasteiger partial charge in [-0.15, -0.1) is 0 Å². The van der Waals surface area contributed by atoms with Gasteiger partial charge in [-0.2, -0.15) is 0 Å². The second kappa shape index (κ2) is 4.64. The zero-order chi connectivity index (χ0) is 11.5. The first-order valence-electron chi connectivity index (χ1n) is 5.46. The zero-order valence-electron chi connectivity index (χ0n) is 9.67. The largest absolute Gasteiger partial charge is 0.354 e. The van der Waals surface area contributed by atoms with E-state index in [2.05, 4.69) is 10.6 Å². The van der Waals surface area contributed by atoms with Gasteiger partial charge in [-0.05, 0) is 19.3 Å². The molecule has 0 aliphatic heterocycles. The standard InChI is InChI=1S/C11H20N2O2/c1-11(2,3)10(15)13-9-6-4-5-8(9)12-7-14/h7-9H,4-6H2,1-3H3,(H,12,14)(H,13,15). The van der Waals surface area contributed by atoms with Gasteiger partial charge in [0.2, 0.25) is 12.3 Å². The van der Waals surface area contributed by atoms with E-state index in [9.17, 15) is 9.59 Å². The van der Waals surface area contributed by atoms with Crippen LogP contribution in [-0.2, 0) is 9.59 Å². The average molecular weight is 212 g/mol. The van der Waals surface area contributed by atoms with Crippen LogP contribution < -0.4 is 10.6 Å². The van der Waals surface area contributed by atoms with Gasteiger partial charge in [-0.3, -0.25) is 9.59 Å². The molecule has 2 unspecified atom stereocenters. The first-order valence-corrected chi connectivity index (χ1v) is 5.46. The van der Waals surface area contributed by atoms with Gasteiger partial charge in [0.05, 0.1) is 0 Å². The lowest BCUT2D eigenvalue weighted by molar-refractivity contribution is -0.129. The van der Waals surface area contributed by atoms with Crippen molar-refractivity contribution in [3.05, 3.63) is 0 Å². The van der Waals surface area contributed by atoms with E-state index in [1.807, 2.05) is 20.8 Å². The molecule has 4 nitrogen and oxygen atoms in total. The fourth-order valence-electron chi connectivity index (χ4n) is 1.80. The van der Waals surface area contributed by atoms with Crippen molar-refractivity contribution in [3.63, 3.8) is 0 Å². The molecule has 4 heteroatoms. The zero-order valence-corrected chi connectivity index (χ0v) is 9.67. The molecule has 0 spiro atoms. The van der Waals surface area contributed by atoms with Crippen molar-refractivity contribution in [2.75, 3.05) is 0 Å². The summed E-state index contributed by atoms with van der Waals surface area (Å²) in [7, 11) is 0. The molecule has 15 heavy (non-hydrogen) atoms. The highest BCUT2D eigenvalue weighted by atomic mass is 16.2. The highest BCUT2D eigenvalue weighted by Gasteiger charge is 2.31. The molecular formula is C11H20N2O2. The van der Waals surface area contributed by atoms with E-state index in [-0.39, 0.29) is 23.4 Å². The fraction of sp³-hybridized carbons (Fsp3) is 0.818. The van der Waals surface area contributed by atoms with Crippen LogP contribution in [0.4, 0.5) is 0 Å². The summed E-state index contributed by atoms with van der Waals surface area (Å²) < 4.78 is 0. The molecule has 1 aliphatic rings. The Labute approximate surface area is 90.8 Å². The van der Waals surface area contributed by atoms with Crippen LogP contribution >= 0.6 is 0 Å². The van der Waals surface area contributed by atoms with E-state index in [0.717, 1.165) is 19.3 Å². The Kier molecular flexibility index (Phi) is 3.72. The molecule has 1 saturated carbocycles. The van der Waals surface area contributed by atoms with Crippen molar-refractivity contribution in [1.29, 1.82) is 0 Å². The maximum absolute atomic E-state index is 11.7. The van der Waals surface area contributed by atoms with Crippen LogP contribution in [0.25, 0.3) is 0 Å². The quantitative estimate of drug-likeness (QED) is 0.680. The van der Waals surface area contributed by atoms with E-state index in [0.29, 0.717) is 6.41 Å². The Morgan fingerprint density at radius 2 is 1.87 bits per heavy atom. The second-order valence-electron chi connectivity index (χ2n) is 5.15. The molecule has 1 aliphatic carbocycles. The molecule has 2 N–H and O–H groups in total. The molecule has 0 heterocycles. The molecule has 0 bridgehead atoms. The maximum atomic E-state index is 11.7. The van der Waals surface area contributed by atoms with Crippen molar-refractivity contribution >= 4 is 12.3 Å². The molecule has 0 aromatic carbocycles. The topological polar surface area (TPSA) is 58.2 Å². The number of carbonyl (C=O) groups excluding carboxylic acids is 2. The minimum atomic E-state index is -0.367. The van der Waals surface area contributed by atoms with E-state index in [1.165, 1.54) is 0 Å². The van der Waals surface area contributed by atoms with Crippen LogP contribution in [0, 0.1) is 5.41 Å². The number of amides is 2. The lowest BCUT2D eigenvalue weighted by Crippen LogP contribution is -2.49. The summed E-state index contributed by atoms with van der Waals surface area (Å²) in [5.41, 5.74) is -0.367. The highest BCUT2D eigenvalue weighted by Crippen LogP contribution is 2.21. The van der Waals surface area contributed by atoms with Gasteiger partial charge >= 0.3 is 0 Å². The molecule has 1 fully saturated rings. The summed E-state index contributed by atoms with van der Waals surface area (Å²) in [6.45, 7) is 5.67. The van der Waals surface area contributed by atoms with Crippen molar-refractivity contribution in [3.8, 4) is 0 Å². The molecule has 0 radical (unpaired) electrons. The maximum Gasteiger partial charge on any atom is 0.225 e. The first-order chi connectivity index (χ1) is 6.95. The SMILES string of the molecule is CC(C)(C)C(=O)NC1CCCC1NC=O. The number of hydrogen-bond acceptors (Lipinski definition) is 2. The van der Waals surface area contributed by atoms with Crippen LogP contribution in [0.2, 0.25) is 0 Å². The second-order valence-corrected chi connectivity index (χ2v) is 5.15. The Morgan fingerprint density at radius 3 is 2.40 bits per heavy atom. The van der Waals surface area contributed by atoms with Crippen LogP contribution in [0.5, 0.6) is 0 Å². The third kappa shape index (κ3) is 3.22. The smallest absolute Gasteiger partial charge is 0.225 e. The Balaban J connectivity index is 2.50. The van der Waals surface area contributed by atoms with E-state index < -0.39 is 0 Å². The molecular weight excluding hydrogens is 192 g/mol. The number of nitrogens with one attached hydrogen (secondary N) is 2. The molecule has 86 valence electrons. The Morgan fingerprint density at radius 1 is 1.27 bits per heavy atom. The number of carbonyl (C=O) groups is 2. The van der Waals surface area contributed by atoms with Gasteiger partial charge in [0.15, 0.2) is 0 Å². The van der Waals surface area contributed by atoms with Crippen molar-refractivity contribution in [2.24, 2.45) is 5.41 Å².